The van der Waals surface area contributed by atoms with Crippen LogP contribution in [0.2, 0.25) is 0 Å². The van der Waals surface area contributed by atoms with E-state index in [2.05, 4.69) is 0 Å². The lowest BCUT2D eigenvalue weighted by Gasteiger charge is -2.09. The second-order valence-corrected chi connectivity index (χ2v) is 1.84. The molecular formula is C9H11NO2. The largest absolute Gasteiger partial charge is 0.480 e. The van der Waals surface area contributed by atoms with Gasteiger partial charge in [0.2, 0.25) is 0 Å². The molecule has 12 heavy (non-hydrogen) atoms. The Kier molecular flexibility index (Phi) is 0.866. The topological polar surface area (TPSA) is 49.3 Å². The molecule has 0 saturated carbocycles. The van der Waals surface area contributed by atoms with Crippen molar-refractivity contribution in [3.05, 3.63) is 30.2 Å². The average molecular weight is 173 g/mol. The Labute approximate surface area is 82.3 Å². The molecule has 1 aromatic rings. The fourth-order valence-electron chi connectivity index (χ4n) is 0.501. The van der Waals surface area contributed by atoms with E-state index in [1.54, 1.807) is 0 Å². The van der Waals surface area contributed by atoms with Crippen LogP contribution in [0, 0.1) is 0 Å². The molecule has 0 fully saturated rings. The number of carbonyl (C=O) groups is 1. The lowest BCUT2D eigenvalue weighted by atomic mass is 10.3. The summed E-state index contributed by atoms with van der Waals surface area (Å²) in [4.78, 5) is 11.0. The Balaban J connectivity index is 3.46. The summed E-state index contributed by atoms with van der Waals surface area (Å²) in [5, 5.41) is 10.8. The van der Waals surface area contributed by atoms with Gasteiger partial charge in [-0.3, -0.25) is 4.79 Å². The number of nitrogens with one attached hydrogen (secondary N) is 1. The molecular weight excluding hydrogens is 154 g/mol. The normalized spacial score (nSPS) is 24.4. The standard InChI is InChI=1S/C9H11NO2/c1-7(9(11)12)10-8-5-3-2-4-6-8/h2-7,10H,1H3,(H,11,12)/t7-/m0/s1/i1D2,2D,3D,4D,5D,6D,7D. The Morgan fingerprint density at radius 3 is 2.92 bits per heavy atom. The highest BCUT2D eigenvalue weighted by Gasteiger charge is 2.08. The molecule has 0 amide bonds. The van der Waals surface area contributed by atoms with Crippen molar-refractivity contribution in [2.45, 2.75) is 12.9 Å². The van der Waals surface area contributed by atoms with Crippen LogP contribution in [0.25, 0.3) is 0 Å². The molecule has 2 N–H and O–H groups in total. The number of para-hydroxylation sites is 1. The van der Waals surface area contributed by atoms with Crippen LogP contribution in [0.4, 0.5) is 5.69 Å². The molecule has 1 rings (SSSR count). The van der Waals surface area contributed by atoms with Gasteiger partial charge in [0.1, 0.15) is 6.02 Å². The predicted octanol–water partition coefficient (Wildman–Crippen LogP) is 1.57. The summed E-state index contributed by atoms with van der Waals surface area (Å²) in [5.74, 6) is -1.86. The zero-order valence-corrected chi connectivity index (χ0v) is 5.93. The van der Waals surface area contributed by atoms with Gasteiger partial charge in [-0.2, -0.15) is 0 Å². The molecule has 0 aromatic heterocycles. The van der Waals surface area contributed by atoms with Crippen LogP contribution in [-0.4, -0.2) is 17.1 Å². The van der Waals surface area contributed by atoms with Crippen LogP contribution >= 0.6 is 0 Å². The number of anilines is 1. The van der Waals surface area contributed by atoms with Gasteiger partial charge in [-0.15, -0.1) is 0 Å². The van der Waals surface area contributed by atoms with E-state index in [1.807, 2.05) is 5.32 Å². The molecule has 0 saturated heterocycles. The van der Waals surface area contributed by atoms with Crippen molar-refractivity contribution < 1.29 is 20.9 Å². The van der Waals surface area contributed by atoms with E-state index in [-0.39, 0.29) is 0 Å². The molecule has 0 unspecified atom stereocenters. The first-order valence-corrected chi connectivity index (χ1v) is 2.97. The molecule has 3 nitrogen and oxygen atoms in total. The summed E-state index contributed by atoms with van der Waals surface area (Å²) in [6, 6.07) is -6.37. The first-order valence-electron chi connectivity index (χ1n) is 7.12. The maximum atomic E-state index is 11.0. The Bertz CT molecular complexity index is 534. The summed E-state index contributed by atoms with van der Waals surface area (Å²) in [5.41, 5.74) is -0.627. The van der Waals surface area contributed by atoms with Crippen molar-refractivity contribution >= 4 is 11.7 Å². The third-order valence-corrected chi connectivity index (χ3v) is 0.990. The van der Waals surface area contributed by atoms with Crippen molar-refractivity contribution in [3.63, 3.8) is 0 Å². The van der Waals surface area contributed by atoms with Crippen LogP contribution < -0.4 is 5.32 Å². The summed E-state index contributed by atoms with van der Waals surface area (Å²) in [6.07, 6.45) is 0. The first kappa shape index (κ1) is 2.76. The predicted molar refractivity (Wildman–Crippen MR) is 47.2 cm³/mol. The number of aliphatic carboxylic acids is 1. The third-order valence-electron chi connectivity index (χ3n) is 0.990. The van der Waals surface area contributed by atoms with Gasteiger partial charge in [0.05, 0.1) is 8.22 Å². The van der Waals surface area contributed by atoms with E-state index in [0.29, 0.717) is 0 Å². The number of carboxylic acids is 1. The minimum Gasteiger partial charge on any atom is -0.480 e. The molecule has 1 aromatic carbocycles. The molecule has 0 spiro atoms. The summed E-state index contributed by atoms with van der Waals surface area (Å²) >= 11 is 0. The minimum atomic E-state index is -2.85. The molecule has 0 aliphatic heterocycles. The Hall–Kier alpha value is -1.51. The molecule has 0 radical (unpaired) electrons. The smallest absolute Gasteiger partial charge is 0.325 e. The van der Waals surface area contributed by atoms with Gasteiger partial charge in [0.25, 0.3) is 0 Å². The van der Waals surface area contributed by atoms with Crippen molar-refractivity contribution in [1.29, 1.82) is 0 Å². The van der Waals surface area contributed by atoms with Gasteiger partial charge in [-0.05, 0) is 19.0 Å². The number of hydrogen-bond acceptors (Lipinski definition) is 2. The van der Waals surface area contributed by atoms with Crippen LogP contribution in [0.5, 0.6) is 0 Å². The monoisotopic (exact) mass is 173 g/mol. The summed E-state index contributed by atoms with van der Waals surface area (Å²) in [6.45, 7) is -2.18. The van der Waals surface area contributed by atoms with Crippen LogP contribution in [-0.2, 0) is 4.79 Å². The molecule has 1 atom stereocenters. The maximum absolute atomic E-state index is 11.0. The fraction of sp³-hybridized carbons (Fsp3) is 0.222. The number of carboxylic acid groups (broad SMARTS) is 1. The minimum absolute atomic E-state index is 0.627. The zero-order chi connectivity index (χ0) is 15.8. The summed E-state index contributed by atoms with van der Waals surface area (Å²) in [7, 11) is 0. The Morgan fingerprint density at radius 2 is 2.42 bits per heavy atom. The van der Waals surface area contributed by atoms with Crippen LogP contribution in [0.15, 0.2) is 30.2 Å². The molecule has 0 aliphatic rings. The van der Waals surface area contributed by atoms with Crippen molar-refractivity contribution in [3.8, 4) is 0 Å². The lowest BCUT2D eigenvalue weighted by Crippen LogP contribution is -2.25. The number of benzene rings is 1. The highest BCUT2D eigenvalue weighted by Crippen LogP contribution is 2.06. The van der Waals surface area contributed by atoms with Gasteiger partial charge in [-0.1, -0.05) is 18.1 Å². The molecule has 0 bridgehead atoms. The van der Waals surface area contributed by atoms with Crippen molar-refractivity contribution in [2.24, 2.45) is 0 Å². The van der Waals surface area contributed by atoms with Gasteiger partial charge >= 0.3 is 5.97 Å². The summed E-state index contributed by atoms with van der Waals surface area (Å²) < 4.78 is 59.0. The van der Waals surface area contributed by atoms with Crippen molar-refractivity contribution in [2.75, 3.05) is 5.32 Å². The highest BCUT2D eigenvalue weighted by atomic mass is 16.4. The van der Waals surface area contributed by atoms with Gasteiger partial charge in [-0.25, -0.2) is 0 Å². The van der Waals surface area contributed by atoms with E-state index in [4.69, 9.17) is 16.1 Å². The zero-order valence-electron chi connectivity index (χ0n) is 13.9. The van der Waals surface area contributed by atoms with E-state index in [1.165, 1.54) is 0 Å². The van der Waals surface area contributed by atoms with Crippen LogP contribution in [0.3, 0.4) is 0 Å². The molecule has 64 valence electrons. The lowest BCUT2D eigenvalue weighted by molar-refractivity contribution is -0.137. The SMILES string of the molecule is [2H]c1c([2H])c([2H])c(N[C@]([2H])(C(=O)O)C([2H])[2H])c([2H])c1[2H]. The highest BCUT2D eigenvalue weighted by molar-refractivity contribution is 5.76. The molecule has 3 heteroatoms. The van der Waals surface area contributed by atoms with Gasteiger partial charge < -0.3 is 10.4 Å². The molecule has 0 aliphatic carbocycles. The second kappa shape index (κ2) is 3.76. The van der Waals surface area contributed by atoms with E-state index < -0.39 is 54.8 Å². The number of rotatable bonds is 3. The Morgan fingerprint density at radius 1 is 1.75 bits per heavy atom. The molecule has 0 heterocycles. The third kappa shape index (κ3) is 2.27. The first-order chi connectivity index (χ1) is 9.04. The fourth-order valence-corrected chi connectivity index (χ4v) is 0.501. The maximum Gasteiger partial charge on any atom is 0.325 e. The quantitative estimate of drug-likeness (QED) is 0.729. The van der Waals surface area contributed by atoms with E-state index in [0.717, 1.165) is 0 Å². The van der Waals surface area contributed by atoms with Crippen molar-refractivity contribution in [1.82, 2.24) is 0 Å². The van der Waals surface area contributed by atoms with Gasteiger partial charge in [0.15, 0.2) is 0 Å². The average Bonchev–Trinajstić information content (AvgIpc) is 2.38. The van der Waals surface area contributed by atoms with E-state index >= 15 is 0 Å². The van der Waals surface area contributed by atoms with Crippen LogP contribution in [0.1, 0.15) is 17.8 Å². The van der Waals surface area contributed by atoms with E-state index in [9.17, 15) is 4.79 Å². The van der Waals surface area contributed by atoms with Gasteiger partial charge in [0, 0.05) is 8.43 Å². The number of hydrogen-bond donors (Lipinski definition) is 2. The second-order valence-electron chi connectivity index (χ2n) is 1.84.